The molecule has 1 N–H and O–H groups in total. The van der Waals surface area contributed by atoms with Crippen molar-refractivity contribution in [3.8, 4) is 23.0 Å². The number of aromatic hydroxyl groups is 1. The van der Waals surface area contributed by atoms with Crippen molar-refractivity contribution in [2.24, 2.45) is 4.99 Å². The van der Waals surface area contributed by atoms with Gasteiger partial charge in [0.15, 0.2) is 27.8 Å². The lowest BCUT2D eigenvalue weighted by molar-refractivity contribution is -0.139. The van der Waals surface area contributed by atoms with Crippen LogP contribution >= 0.6 is 11.3 Å². The molecule has 1 aromatic heterocycles. The van der Waals surface area contributed by atoms with E-state index < -0.39 is 12.0 Å². The maximum Gasteiger partial charge on any atom is 0.338 e. The number of benzene rings is 2. The first kappa shape index (κ1) is 27.7. The van der Waals surface area contributed by atoms with Gasteiger partial charge in [-0.25, -0.2) is 9.79 Å². The van der Waals surface area contributed by atoms with E-state index in [2.05, 4.69) is 11.6 Å². The second kappa shape index (κ2) is 12.0. The Morgan fingerprint density at radius 2 is 1.90 bits per heavy atom. The Morgan fingerprint density at radius 1 is 1.13 bits per heavy atom. The van der Waals surface area contributed by atoms with E-state index in [4.69, 9.17) is 18.9 Å². The van der Waals surface area contributed by atoms with Gasteiger partial charge in [-0.1, -0.05) is 36.1 Å². The summed E-state index contributed by atoms with van der Waals surface area (Å²) in [4.78, 5) is 32.0. The van der Waals surface area contributed by atoms with Crippen LogP contribution in [0.5, 0.6) is 23.0 Å². The topological polar surface area (TPSA) is 109 Å². The van der Waals surface area contributed by atoms with Gasteiger partial charge in [-0.05, 0) is 62.2 Å². The van der Waals surface area contributed by atoms with Gasteiger partial charge in [0.1, 0.15) is 6.61 Å². The zero-order valence-electron chi connectivity index (χ0n) is 22.2. The van der Waals surface area contributed by atoms with E-state index in [0.717, 1.165) is 0 Å². The first-order chi connectivity index (χ1) is 18.8. The zero-order chi connectivity index (χ0) is 28.1. The van der Waals surface area contributed by atoms with E-state index in [1.54, 1.807) is 56.3 Å². The van der Waals surface area contributed by atoms with Crippen molar-refractivity contribution in [1.82, 2.24) is 4.57 Å². The van der Waals surface area contributed by atoms with Crippen molar-refractivity contribution in [2.45, 2.75) is 26.8 Å². The minimum Gasteiger partial charge on any atom is -0.504 e. The number of carbonyl (C=O) groups excluding carboxylic acids is 1. The molecule has 4 rings (SSSR count). The van der Waals surface area contributed by atoms with Gasteiger partial charge in [0.2, 0.25) is 0 Å². The molecule has 39 heavy (non-hydrogen) atoms. The molecule has 10 heteroatoms. The Labute approximate surface area is 229 Å². The van der Waals surface area contributed by atoms with Crippen molar-refractivity contribution >= 4 is 23.4 Å². The Morgan fingerprint density at radius 3 is 2.56 bits per heavy atom. The number of phenols is 1. The number of nitrogens with zero attached hydrogens (tertiary/aromatic N) is 2. The van der Waals surface area contributed by atoms with E-state index in [-0.39, 0.29) is 23.5 Å². The molecule has 0 spiro atoms. The Hall–Kier alpha value is -4.31. The molecule has 9 nitrogen and oxygen atoms in total. The molecule has 1 aliphatic rings. The number of carbonyl (C=O) groups is 1. The monoisotopic (exact) mass is 550 g/mol. The lowest BCUT2D eigenvalue weighted by Gasteiger charge is -2.25. The lowest BCUT2D eigenvalue weighted by atomic mass is 9.95. The predicted molar refractivity (Wildman–Crippen MR) is 148 cm³/mol. The second-order valence-corrected chi connectivity index (χ2v) is 9.48. The van der Waals surface area contributed by atoms with Gasteiger partial charge in [-0.15, -0.1) is 0 Å². The van der Waals surface area contributed by atoms with Crippen molar-refractivity contribution in [3.63, 3.8) is 0 Å². The first-order valence-electron chi connectivity index (χ1n) is 12.4. The van der Waals surface area contributed by atoms with Gasteiger partial charge in [0, 0.05) is 0 Å². The molecule has 0 saturated carbocycles. The van der Waals surface area contributed by atoms with E-state index in [9.17, 15) is 14.7 Å². The van der Waals surface area contributed by atoms with Crippen LogP contribution in [-0.4, -0.2) is 42.6 Å². The summed E-state index contributed by atoms with van der Waals surface area (Å²) in [5.41, 5.74) is 1.63. The van der Waals surface area contributed by atoms with Crippen LogP contribution in [0.1, 0.15) is 37.9 Å². The summed E-state index contributed by atoms with van der Waals surface area (Å²) in [6.07, 6.45) is 3.30. The molecule has 0 bridgehead atoms. The summed E-state index contributed by atoms with van der Waals surface area (Å²) in [7, 11) is 1.46. The van der Waals surface area contributed by atoms with E-state index in [1.807, 2.05) is 6.92 Å². The molecule has 0 radical (unpaired) electrons. The number of ether oxygens (including phenoxy) is 4. The third kappa shape index (κ3) is 5.61. The number of methoxy groups -OCH3 is 1. The van der Waals surface area contributed by atoms with Crippen molar-refractivity contribution < 1.29 is 28.8 Å². The van der Waals surface area contributed by atoms with Gasteiger partial charge in [0.25, 0.3) is 5.56 Å². The van der Waals surface area contributed by atoms with Crippen LogP contribution in [0.15, 0.2) is 70.1 Å². The highest BCUT2D eigenvalue weighted by Gasteiger charge is 2.34. The number of hydrogen-bond donors (Lipinski definition) is 1. The molecule has 1 unspecified atom stereocenters. The summed E-state index contributed by atoms with van der Waals surface area (Å²) in [5.74, 6) is 0.729. The van der Waals surface area contributed by atoms with Gasteiger partial charge in [-0.2, -0.15) is 0 Å². The van der Waals surface area contributed by atoms with Crippen LogP contribution in [0.4, 0.5) is 0 Å². The smallest absolute Gasteiger partial charge is 0.338 e. The number of rotatable bonds is 10. The fourth-order valence-electron chi connectivity index (χ4n) is 4.29. The highest BCUT2D eigenvalue weighted by molar-refractivity contribution is 7.07. The molecular weight excluding hydrogens is 520 g/mol. The minimum absolute atomic E-state index is 0.0421. The Bertz CT molecular complexity index is 1620. The van der Waals surface area contributed by atoms with Gasteiger partial charge < -0.3 is 24.1 Å². The van der Waals surface area contributed by atoms with Crippen molar-refractivity contribution in [2.75, 3.05) is 26.9 Å². The zero-order valence-corrected chi connectivity index (χ0v) is 23.0. The molecule has 2 aromatic carbocycles. The molecule has 0 saturated heterocycles. The number of esters is 1. The molecule has 1 atom stereocenters. The highest BCUT2D eigenvalue weighted by Crippen LogP contribution is 2.36. The lowest BCUT2D eigenvalue weighted by Crippen LogP contribution is -2.40. The number of allylic oxidation sites excluding steroid dienone is 1. The third-order valence-electron chi connectivity index (χ3n) is 5.96. The SMILES string of the molecule is C=CCOc1ccc(C2C(C(=O)OCC)=C(C)N=c3s/c(=C\c4ccc(OC)c(O)c4)c(=O)n32)cc1OCC. The molecule has 0 fully saturated rings. The summed E-state index contributed by atoms with van der Waals surface area (Å²) in [6.45, 7) is 9.85. The Kier molecular flexibility index (Phi) is 8.55. The second-order valence-electron chi connectivity index (χ2n) is 8.47. The van der Waals surface area contributed by atoms with Crippen molar-refractivity contribution in [1.29, 1.82) is 0 Å². The summed E-state index contributed by atoms with van der Waals surface area (Å²) in [5, 5.41) is 10.2. The molecule has 0 aliphatic carbocycles. The molecule has 2 heterocycles. The summed E-state index contributed by atoms with van der Waals surface area (Å²) in [6, 6.07) is 9.37. The van der Waals surface area contributed by atoms with E-state index in [0.29, 0.717) is 56.6 Å². The molecule has 204 valence electrons. The minimum atomic E-state index is -0.806. The average Bonchev–Trinajstić information content (AvgIpc) is 3.21. The van der Waals surface area contributed by atoms with E-state index in [1.165, 1.54) is 29.1 Å². The fraction of sp³-hybridized carbons (Fsp3) is 0.276. The summed E-state index contributed by atoms with van der Waals surface area (Å²) < 4.78 is 23.9. The number of aromatic nitrogens is 1. The maximum absolute atomic E-state index is 13.8. The first-order valence-corrected chi connectivity index (χ1v) is 13.2. The summed E-state index contributed by atoms with van der Waals surface area (Å²) >= 11 is 1.19. The van der Waals surface area contributed by atoms with Crippen LogP contribution in [0.25, 0.3) is 6.08 Å². The average molecular weight is 551 g/mol. The quantitative estimate of drug-likeness (QED) is 0.304. The largest absolute Gasteiger partial charge is 0.504 e. The molecular formula is C29H30N2O7S. The van der Waals surface area contributed by atoms with E-state index >= 15 is 0 Å². The number of hydrogen-bond acceptors (Lipinski definition) is 9. The molecule has 0 amide bonds. The molecule has 1 aliphatic heterocycles. The number of fused-ring (bicyclic) bond motifs is 1. The Balaban J connectivity index is 1.92. The standard InChI is InChI=1S/C29H30N2O7S/c1-6-13-38-22-12-10-19(16-23(22)36-7-2)26-25(28(34)37-8-3)17(4)30-29-31(26)27(33)24(39-29)15-18-9-11-21(35-5)20(32)14-18/h6,9-12,14-16,26,32H,1,7-8,13H2,2-5H3/b24-15-. The van der Waals surface area contributed by atoms with Gasteiger partial charge in [0.05, 0.1) is 42.2 Å². The number of phenolic OH excluding ortho intramolecular Hbond substituents is 1. The molecule has 3 aromatic rings. The van der Waals surface area contributed by atoms with Crippen LogP contribution in [0.3, 0.4) is 0 Å². The fourth-order valence-corrected chi connectivity index (χ4v) is 5.33. The number of thiazole rings is 1. The van der Waals surface area contributed by atoms with Crippen LogP contribution in [-0.2, 0) is 9.53 Å². The highest BCUT2D eigenvalue weighted by atomic mass is 32.1. The van der Waals surface area contributed by atoms with Gasteiger partial charge in [-0.3, -0.25) is 9.36 Å². The van der Waals surface area contributed by atoms with Crippen LogP contribution < -0.4 is 29.1 Å². The maximum atomic E-state index is 13.8. The van der Waals surface area contributed by atoms with Crippen molar-refractivity contribution in [3.05, 3.63) is 91.1 Å². The third-order valence-corrected chi connectivity index (χ3v) is 6.94. The van der Waals surface area contributed by atoms with Crippen LogP contribution in [0, 0.1) is 0 Å². The predicted octanol–water partition coefficient (Wildman–Crippen LogP) is 3.48. The van der Waals surface area contributed by atoms with Crippen LogP contribution in [0.2, 0.25) is 0 Å². The van der Waals surface area contributed by atoms with Gasteiger partial charge >= 0.3 is 5.97 Å². The normalized spacial score (nSPS) is 14.9.